The molecule has 0 aromatic heterocycles. The van der Waals surface area contributed by atoms with E-state index < -0.39 is 17.9 Å². The first-order chi connectivity index (χ1) is 19.0. The molecule has 2 fully saturated rings. The molecule has 0 aliphatic heterocycles. The largest absolute Gasteiger partial charge is 0.481 e. The number of rotatable bonds is 16. The van der Waals surface area contributed by atoms with E-state index in [0.29, 0.717) is 30.5 Å². The molecule has 0 spiro atoms. The van der Waals surface area contributed by atoms with Gasteiger partial charge in [-0.1, -0.05) is 38.8 Å². The van der Waals surface area contributed by atoms with Gasteiger partial charge in [0.1, 0.15) is 13.2 Å². The average molecular weight is 572 g/mol. The summed E-state index contributed by atoms with van der Waals surface area (Å²) in [6.07, 6.45) is 7.06. The Kier molecular flexibility index (Phi) is 17.7. The summed E-state index contributed by atoms with van der Waals surface area (Å²) in [6.45, 7) is 11.5. The van der Waals surface area contributed by atoms with Crippen LogP contribution in [0.4, 0.5) is 0 Å². The van der Waals surface area contributed by atoms with Gasteiger partial charge in [-0.3, -0.25) is 14.4 Å². The molecule has 2 rings (SSSR count). The maximum Gasteiger partial charge on any atom is 0.333 e. The van der Waals surface area contributed by atoms with E-state index in [1.54, 1.807) is 13.8 Å². The first-order valence-electron chi connectivity index (χ1n) is 13.7. The Bertz CT molecular complexity index is 776. The minimum absolute atomic E-state index is 0.00580. The lowest BCUT2D eigenvalue weighted by atomic mass is 9.80. The summed E-state index contributed by atoms with van der Waals surface area (Å²) < 4.78 is 4.82. The van der Waals surface area contributed by atoms with Gasteiger partial charge in [0.05, 0.1) is 31.7 Å². The zero-order valence-electron chi connectivity index (χ0n) is 23.7. The molecule has 2 saturated carbocycles. The zero-order valence-corrected chi connectivity index (χ0v) is 23.7. The molecule has 12 heteroatoms. The predicted molar refractivity (Wildman–Crippen MR) is 144 cm³/mol. The van der Waals surface area contributed by atoms with Crippen molar-refractivity contribution >= 4 is 23.8 Å². The van der Waals surface area contributed by atoms with Crippen LogP contribution in [0.15, 0.2) is 24.3 Å². The first kappa shape index (κ1) is 35.2. The molecule has 0 radical (unpaired) electrons. The molecule has 3 N–H and O–H groups in total. The summed E-state index contributed by atoms with van der Waals surface area (Å²) in [4.78, 5) is 64.3. The normalized spacial score (nSPS) is 22.2. The van der Waals surface area contributed by atoms with Crippen LogP contribution in [0.25, 0.3) is 0 Å². The van der Waals surface area contributed by atoms with Gasteiger partial charge in [0.15, 0.2) is 0 Å². The molecule has 4 atom stereocenters. The van der Waals surface area contributed by atoms with E-state index >= 15 is 0 Å². The Morgan fingerprint density at radius 1 is 0.700 bits per heavy atom. The third-order valence-corrected chi connectivity index (χ3v) is 6.79. The highest BCUT2D eigenvalue weighted by atomic mass is 17.2. The molecular weight excluding hydrogens is 526 g/mol. The van der Waals surface area contributed by atoms with E-state index in [9.17, 15) is 19.2 Å². The molecule has 0 bridgehead atoms. The van der Waals surface area contributed by atoms with Gasteiger partial charge in [0.2, 0.25) is 5.91 Å². The van der Waals surface area contributed by atoms with Crippen LogP contribution in [0.2, 0.25) is 0 Å². The molecule has 12 nitrogen and oxygen atoms in total. The second kappa shape index (κ2) is 20.1. The number of hydrogen-bond donors (Lipinski definition) is 3. The lowest BCUT2D eigenvalue weighted by molar-refractivity contribution is -0.307. The first-order valence-corrected chi connectivity index (χ1v) is 13.7. The number of aliphatic carboxylic acids is 2. The number of nitrogens with one attached hydrogen (secondary N) is 1. The monoisotopic (exact) mass is 571 g/mol. The van der Waals surface area contributed by atoms with E-state index in [-0.39, 0.29) is 62.6 Å². The molecule has 2 aliphatic carbocycles. The fourth-order valence-corrected chi connectivity index (χ4v) is 4.50. The van der Waals surface area contributed by atoms with Crippen LogP contribution in [0.3, 0.4) is 0 Å². The van der Waals surface area contributed by atoms with Gasteiger partial charge in [-0.05, 0) is 51.4 Å². The third-order valence-electron chi connectivity index (χ3n) is 6.79. The Labute approximate surface area is 235 Å². The number of esters is 1. The molecule has 40 heavy (non-hydrogen) atoms. The molecule has 2 aliphatic rings. The fourth-order valence-electron chi connectivity index (χ4n) is 4.50. The topological polar surface area (TPSA) is 167 Å². The number of carboxylic acid groups (broad SMARTS) is 2. The van der Waals surface area contributed by atoms with Crippen LogP contribution in [0.5, 0.6) is 0 Å². The van der Waals surface area contributed by atoms with Gasteiger partial charge in [0.25, 0.3) is 0 Å². The van der Waals surface area contributed by atoms with Gasteiger partial charge >= 0.3 is 17.9 Å². The molecule has 0 aromatic rings. The van der Waals surface area contributed by atoms with E-state index in [1.807, 2.05) is 0 Å². The lowest BCUT2D eigenvalue weighted by Gasteiger charge is -2.27. The number of ether oxygens (including phenoxy) is 1. The molecular formula is C28H45NO11. The van der Waals surface area contributed by atoms with Crippen LogP contribution >= 0.6 is 0 Å². The second-order valence-electron chi connectivity index (χ2n) is 10.1. The highest BCUT2D eigenvalue weighted by Gasteiger charge is 2.32. The second-order valence-corrected chi connectivity index (χ2v) is 10.1. The van der Waals surface area contributed by atoms with Crippen molar-refractivity contribution in [3.8, 4) is 0 Å². The predicted octanol–water partition coefficient (Wildman–Crippen LogP) is 3.46. The number of carboxylic acids is 2. The summed E-state index contributed by atoms with van der Waals surface area (Å²) in [6, 6.07) is 0. The standard InChI is InChI=1S/C14H23NO5.C14H22O6/c1-10(2)13(16)15-7-8-19-20-9-11-5-3-4-6-12(11)14(17)18;1-10(2)14(17)18-7-8-19-20-9-11-5-3-4-6-12(11)13(15)16/h11-12H,1,3-9H2,2H3,(H,15,16)(H,17,18);11-12H,1,3-9H2,2H3,(H,15,16). The van der Waals surface area contributed by atoms with E-state index in [2.05, 4.69) is 18.5 Å². The molecule has 4 unspecified atom stereocenters. The summed E-state index contributed by atoms with van der Waals surface area (Å²) in [5.41, 5.74) is 0.773. The highest BCUT2D eigenvalue weighted by Crippen LogP contribution is 2.31. The van der Waals surface area contributed by atoms with E-state index in [0.717, 1.165) is 38.5 Å². The lowest BCUT2D eigenvalue weighted by Crippen LogP contribution is -2.31. The molecule has 0 heterocycles. The molecule has 0 saturated heterocycles. The number of hydrogen-bond acceptors (Lipinski definition) is 9. The number of amides is 1. The van der Waals surface area contributed by atoms with Crippen LogP contribution in [0.1, 0.15) is 65.2 Å². The Morgan fingerprint density at radius 3 is 1.62 bits per heavy atom. The molecule has 0 aromatic carbocycles. The molecule has 1 amide bonds. The molecule has 228 valence electrons. The number of carbonyl (C=O) groups excluding carboxylic acids is 2. The van der Waals surface area contributed by atoms with Crippen molar-refractivity contribution in [2.75, 3.05) is 39.6 Å². The van der Waals surface area contributed by atoms with Gasteiger partial charge in [0, 0.05) is 17.7 Å². The summed E-state index contributed by atoms with van der Waals surface area (Å²) >= 11 is 0. The van der Waals surface area contributed by atoms with Crippen molar-refractivity contribution in [2.45, 2.75) is 65.2 Å². The zero-order chi connectivity index (χ0) is 29.9. The minimum atomic E-state index is -0.770. The third kappa shape index (κ3) is 14.5. The highest BCUT2D eigenvalue weighted by molar-refractivity contribution is 5.92. The average Bonchev–Trinajstić information content (AvgIpc) is 2.92. The van der Waals surface area contributed by atoms with Crippen molar-refractivity contribution in [3.05, 3.63) is 24.3 Å². The van der Waals surface area contributed by atoms with Crippen molar-refractivity contribution < 1.29 is 53.7 Å². The van der Waals surface area contributed by atoms with Crippen LogP contribution in [-0.2, 0) is 43.5 Å². The fraction of sp³-hybridized carbons (Fsp3) is 0.714. The van der Waals surface area contributed by atoms with Gasteiger partial charge in [-0.2, -0.15) is 0 Å². The van der Waals surface area contributed by atoms with E-state index in [4.69, 9.17) is 34.5 Å². The maximum absolute atomic E-state index is 11.2. The van der Waals surface area contributed by atoms with Crippen LogP contribution in [0, 0.1) is 23.7 Å². The quantitative estimate of drug-likeness (QED) is 0.0816. The van der Waals surface area contributed by atoms with Gasteiger partial charge in [-0.15, -0.1) is 0 Å². The maximum atomic E-state index is 11.2. The van der Waals surface area contributed by atoms with E-state index in [1.165, 1.54) is 0 Å². The minimum Gasteiger partial charge on any atom is -0.481 e. The smallest absolute Gasteiger partial charge is 0.333 e. The summed E-state index contributed by atoms with van der Waals surface area (Å²) in [7, 11) is 0. The van der Waals surface area contributed by atoms with Crippen LogP contribution in [-0.4, -0.2) is 73.6 Å². The van der Waals surface area contributed by atoms with Crippen LogP contribution < -0.4 is 5.32 Å². The van der Waals surface area contributed by atoms with Gasteiger partial charge in [-0.25, -0.2) is 24.3 Å². The number of carbonyl (C=O) groups is 4. The summed E-state index contributed by atoms with van der Waals surface area (Å²) in [5, 5.41) is 20.8. The van der Waals surface area contributed by atoms with Crippen molar-refractivity contribution in [3.63, 3.8) is 0 Å². The SMILES string of the molecule is C=C(C)C(=O)NCCOOCC1CCCCC1C(=O)O.C=C(C)C(=O)OCCOOCC1CCCCC1C(=O)O. The Morgan fingerprint density at radius 2 is 1.18 bits per heavy atom. The Balaban J connectivity index is 0.000000400. The van der Waals surface area contributed by atoms with Crippen molar-refractivity contribution in [1.82, 2.24) is 5.32 Å². The van der Waals surface area contributed by atoms with Crippen molar-refractivity contribution in [2.24, 2.45) is 23.7 Å². The summed E-state index contributed by atoms with van der Waals surface area (Å²) in [5.74, 6) is -2.91. The Hall–Kier alpha value is -2.80. The van der Waals surface area contributed by atoms with Crippen molar-refractivity contribution in [1.29, 1.82) is 0 Å². The van der Waals surface area contributed by atoms with Gasteiger partial charge < -0.3 is 20.3 Å².